The fourth-order valence-corrected chi connectivity index (χ4v) is 2.39. The van der Waals surface area contributed by atoms with Gasteiger partial charge >= 0.3 is 0 Å². The number of phenolic OH excluding ortho intramolecular Hbond substituents is 1. The number of nitro benzene ring substituents is 1. The quantitative estimate of drug-likeness (QED) is 0.679. The van der Waals surface area contributed by atoms with Gasteiger partial charge in [0.25, 0.3) is 5.69 Å². The number of nitrogens with zero attached hydrogens (tertiary/aromatic N) is 1. The summed E-state index contributed by atoms with van der Waals surface area (Å²) in [5.41, 5.74) is -0.116. The molecule has 0 unspecified atom stereocenters. The van der Waals surface area contributed by atoms with Crippen LogP contribution in [0.15, 0.2) is 52.3 Å². The van der Waals surface area contributed by atoms with E-state index in [4.69, 9.17) is 11.6 Å². The van der Waals surface area contributed by atoms with Gasteiger partial charge in [0.2, 0.25) is 0 Å². The van der Waals surface area contributed by atoms with Crippen LogP contribution in [0, 0.1) is 10.1 Å². The van der Waals surface area contributed by atoms with Crippen LogP contribution in [-0.4, -0.2) is 10.0 Å². The maximum Gasteiger partial charge on any atom is 0.286 e. The monoisotopic (exact) mass is 281 g/mol. The van der Waals surface area contributed by atoms with Gasteiger partial charge in [-0.3, -0.25) is 10.1 Å². The molecule has 2 aromatic rings. The molecule has 0 radical (unpaired) electrons. The minimum atomic E-state index is -0.516. The van der Waals surface area contributed by atoms with Crippen molar-refractivity contribution < 1.29 is 10.0 Å². The molecule has 0 aliphatic rings. The Balaban J connectivity index is 2.34. The number of phenols is 1. The fraction of sp³-hybridized carbons (Fsp3) is 0. The maximum atomic E-state index is 10.9. The first kappa shape index (κ1) is 12.7. The minimum absolute atomic E-state index is 0.116. The Hall–Kier alpha value is -1.72. The Morgan fingerprint density at radius 3 is 2.44 bits per heavy atom. The van der Waals surface area contributed by atoms with Crippen molar-refractivity contribution in [2.24, 2.45) is 0 Å². The molecule has 0 aliphatic heterocycles. The van der Waals surface area contributed by atoms with Crippen molar-refractivity contribution in [2.45, 2.75) is 9.79 Å². The van der Waals surface area contributed by atoms with Gasteiger partial charge in [-0.2, -0.15) is 0 Å². The molecule has 0 saturated carbocycles. The molecular formula is C12H8ClNO3S. The third-order valence-electron chi connectivity index (χ3n) is 2.18. The van der Waals surface area contributed by atoms with Crippen LogP contribution in [0.4, 0.5) is 5.69 Å². The summed E-state index contributed by atoms with van der Waals surface area (Å²) in [6, 6.07) is 11.1. The summed E-state index contributed by atoms with van der Waals surface area (Å²) in [6.45, 7) is 0. The van der Waals surface area contributed by atoms with Crippen LogP contribution < -0.4 is 0 Å². The molecule has 0 aromatic heterocycles. The van der Waals surface area contributed by atoms with Crippen LogP contribution in [0.5, 0.6) is 5.75 Å². The SMILES string of the molecule is O=[N+]([O-])c1cc(O)ccc1Sc1ccc(Cl)cc1. The molecule has 0 fully saturated rings. The lowest BCUT2D eigenvalue weighted by Gasteiger charge is -2.03. The highest BCUT2D eigenvalue weighted by Crippen LogP contribution is 2.36. The average molecular weight is 282 g/mol. The van der Waals surface area contributed by atoms with Crippen LogP contribution in [0.25, 0.3) is 0 Å². The molecule has 0 saturated heterocycles. The zero-order valence-electron chi connectivity index (χ0n) is 9.04. The molecule has 0 amide bonds. The lowest BCUT2D eigenvalue weighted by molar-refractivity contribution is -0.387. The molecule has 92 valence electrons. The van der Waals surface area contributed by atoms with Gasteiger partial charge < -0.3 is 5.11 Å². The van der Waals surface area contributed by atoms with E-state index < -0.39 is 4.92 Å². The second-order valence-electron chi connectivity index (χ2n) is 3.47. The lowest BCUT2D eigenvalue weighted by Crippen LogP contribution is -1.90. The molecule has 6 heteroatoms. The Morgan fingerprint density at radius 2 is 1.83 bits per heavy atom. The second kappa shape index (κ2) is 5.29. The van der Waals surface area contributed by atoms with Gasteiger partial charge in [0.1, 0.15) is 5.75 Å². The largest absolute Gasteiger partial charge is 0.508 e. The van der Waals surface area contributed by atoms with Crippen LogP contribution in [0.3, 0.4) is 0 Å². The third kappa shape index (κ3) is 2.94. The molecule has 0 aliphatic carbocycles. The molecular weight excluding hydrogens is 274 g/mol. The topological polar surface area (TPSA) is 63.4 Å². The van der Waals surface area contributed by atoms with E-state index in [1.165, 1.54) is 23.9 Å². The Bertz CT molecular complexity index is 586. The van der Waals surface area contributed by atoms with Crippen LogP contribution in [0.1, 0.15) is 0 Å². The van der Waals surface area contributed by atoms with Crippen molar-refractivity contribution in [1.29, 1.82) is 0 Å². The van der Waals surface area contributed by atoms with Gasteiger partial charge in [0, 0.05) is 9.92 Å². The van der Waals surface area contributed by atoms with Gasteiger partial charge in [0.05, 0.1) is 15.9 Å². The first-order valence-corrected chi connectivity index (χ1v) is 6.16. The van der Waals surface area contributed by atoms with Gasteiger partial charge in [-0.1, -0.05) is 23.4 Å². The van der Waals surface area contributed by atoms with Gasteiger partial charge in [-0.05, 0) is 36.4 Å². The molecule has 0 heterocycles. The van der Waals surface area contributed by atoms with E-state index in [-0.39, 0.29) is 11.4 Å². The molecule has 1 N–H and O–H groups in total. The Morgan fingerprint density at radius 1 is 1.17 bits per heavy atom. The number of aromatic hydroxyl groups is 1. The Kier molecular flexibility index (Phi) is 3.74. The number of hydrogen-bond acceptors (Lipinski definition) is 4. The smallest absolute Gasteiger partial charge is 0.286 e. The molecule has 4 nitrogen and oxygen atoms in total. The first-order valence-electron chi connectivity index (χ1n) is 4.97. The van der Waals surface area contributed by atoms with Crippen molar-refractivity contribution in [3.05, 3.63) is 57.6 Å². The predicted octanol–water partition coefficient (Wildman–Crippen LogP) is 4.11. The van der Waals surface area contributed by atoms with E-state index in [2.05, 4.69) is 0 Å². The van der Waals surface area contributed by atoms with Crippen molar-refractivity contribution in [2.75, 3.05) is 0 Å². The van der Waals surface area contributed by atoms with Gasteiger partial charge in [0.15, 0.2) is 0 Å². The zero-order valence-corrected chi connectivity index (χ0v) is 10.6. The van der Waals surface area contributed by atoms with Gasteiger partial charge in [-0.15, -0.1) is 0 Å². The number of nitro groups is 1. The van der Waals surface area contributed by atoms with Crippen LogP contribution >= 0.6 is 23.4 Å². The lowest BCUT2D eigenvalue weighted by atomic mass is 10.3. The number of hydrogen-bond donors (Lipinski definition) is 1. The molecule has 2 rings (SSSR count). The fourth-order valence-electron chi connectivity index (χ4n) is 1.36. The summed E-state index contributed by atoms with van der Waals surface area (Å²) in [5, 5.41) is 20.7. The summed E-state index contributed by atoms with van der Waals surface area (Å²) in [7, 11) is 0. The Labute approximate surface area is 112 Å². The van der Waals surface area contributed by atoms with Crippen molar-refractivity contribution >= 4 is 29.1 Å². The van der Waals surface area contributed by atoms with E-state index in [1.807, 2.05) is 0 Å². The van der Waals surface area contributed by atoms with Crippen LogP contribution in [-0.2, 0) is 0 Å². The van der Waals surface area contributed by atoms with E-state index in [0.717, 1.165) is 11.0 Å². The van der Waals surface area contributed by atoms with Crippen LogP contribution in [0.2, 0.25) is 5.02 Å². The van der Waals surface area contributed by atoms with Crippen molar-refractivity contribution in [3.63, 3.8) is 0 Å². The normalized spacial score (nSPS) is 10.3. The van der Waals surface area contributed by atoms with E-state index >= 15 is 0 Å². The molecule has 0 spiro atoms. The highest BCUT2D eigenvalue weighted by Gasteiger charge is 2.15. The molecule has 18 heavy (non-hydrogen) atoms. The predicted molar refractivity (Wildman–Crippen MR) is 70.3 cm³/mol. The standard InChI is InChI=1S/C12H8ClNO3S/c13-8-1-4-10(5-2-8)18-12-6-3-9(15)7-11(12)14(16)17/h1-7,15H. The van der Waals surface area contributed by atoms with Gasteiger partial charge in [-0.25, -0.2) is 0 Å². The first-order chi connectivity index (χ1) is 8.56. The molecule has 2 aromatic carbocycles. The molecule has 0 atom stereocenters. The molecule has 0 bridgehead atoms. The van der Waals surface area contributed by atoms with E-state index in [0.29, 0.717) is 9.92 Å². The summed E-state index contributed by atoms with van der Waals surface area (Å²) in [6.07, 6.45) is 0. The summed E-state index contributed by atoms with van der Waals surface area (Å²) < 4.78 is 0. The minimum Gasteiger partial charge on any atom is -0.508 e. The van der Waals surface area contributed by atoms with Crippen molar-refractivity contribution in [1.82, 2.24) is 0 Å². The highest BCUT2D eigenvalue weighted by atomic mass is 35.5. The maximum absolute atomic E-state index is 10.9. The highest BCUT2D eigenvalue weighted by molar-refractivity contribution is 7.99. The number of rotatable bonds is 3. The van der Waals surface area contributed by atoms with E-state index in [1.54, 1.807) is 24.3 Å². The number of halogens is 1. The summed E-state index contributed by atoms with van der Waals surface area (Å²) in [4.78, 5) is 11.7. The van der Waals surface area contributed by atoms with Crippen molar-refractivity contribution in [3.8, 4) is 5.75 Å². The zero-order chi connectivity index (χ0) is 13.1. The number of benzene rings is 2. The average Bonchev–Trinajstić information content (AvgIpc) is 2.34. The summed E-state index contributed by atoms with van der Waals surface area (Å²) >= 11 is 7.02. The van der Waals surface area contributed by atoms with E-state index in [9.17, 15) is 15.2 Å². The third-order valence-corrected chi connectivity index (χ3v) is 3.51. The summed E-state index contributed by atoms with van der Waals surface area (Å²) in [5.74, 6) is -0.123. The second-order valence-corrected chi connectivity index (χ2v) is 5.02.